The molecule has 1 aromatic heterocycles. The summed E-state index contributed by atoms with van der Waals surface area (Å²) in [6.07, 6.45) is 0. The van der Waals surface area contributed by atoms with Crippen molar-refractivity contribution < 1.29 is 0 Å². The van der Waals surface area contributed by atoms with Crippen LogP contribution in [0.1, 0.15) is 0 Å². The molecule has 0 bridgehead atoms. The summed E-state index contributed by atoms with van der Waals surface area (Å²) in [5, 5.41) is 5.20. The zero-order chi connectivity index (χ0) is 29.0. The van der Waals surface area contributed by atoms with E-state index in [0.29, 0.717) is 0 Å². The summed E-state index contributed by atoms with van der Waals surface area (Å²) in [6, 6.07) is 52.1. The zero-order valence-corrected chi connectivity index (χ0v) is 25.3. The van der Waals surface area contributed by atoms with Crippen molar-refractivity contribution in [1.29, 1.82) is 0 Å². The quantitative estimate of drug-likeness (QED) is 0.199. The van der Waals surface area contributed by atoms with Gasteiger partial charge in [0.05, 0.1) is 5.69 Å². The molecule has 1 aliphatic rings. The Bertz CT molecular complexity index is 2150. The lowest BCUT2D eigenvalue weighted by Gasteiger charge is -2.19. The van der Waals surface area contributed by atoms with Crippen molar-refractivity contribution in [3.8, 4) is 56.0 Å². The first-order chi connectivity index (χ1) is 21.1. The molecule has 2 heterocycles. The third kappa shape index (κ3) is 4.32. The molecule has 0 unspecified atom stereocenters. The highest BCUT2D eigenvalue weighted by molar-refractivity contribution is 7.03. The van der Waals surface area contributed by atoms with Gasteiger partial charge in [-0.1, -0.05) is 140 Å². The number of aromatic nitrogens is 2. The normalized spacial score (nSPS) is 13.1. The number of benzene rings is 6. The van der Waals surface area contributed by atoms with Gasteiger partial charge in [0.2, 0.25) is 0 Å². The second-order valence-corrected chi connectivity index (χ2v) is 16.1. The van der Waals surface area contributed by atoms with E-state index in [-0.39, 0.29) is 0 Å². The summed E-state index contributed by atoms with van der Waals surface area (Å²) >= 11 is 0. The predicted molar refractivity (Wildman–Crippen MR) is 183 cm³/mol. The lowest BCUT2D eigenvalue weighted by Crippen LogP contribution is -2.51. The van der Waals surface area contributed by atoms with Crippen LogP contribution in [0.3, 0.4) is 0 Å². The van der Waals surface area contributed by atoms with Crippen molar-refractivity contribution in [3.05, 3.63) is 146 Å². The summed E-state index contributed by atoms with van der Waals surface area (Å²) in [4.78, 5) is 10.7. The van der Waals surface area contributed by atoms with Gasteiger partial charge in [-0.3, -0.25) is 0 Å². The first-order valence-electron chi connectivity index (χ1n) is 14.8. The van der Waals surface area contributed by atoms with E-state index in [1.807, 2.05) is 6.07 Å². The maximum absolute atomic E-state index is 5.34. The summed E-state index contributed by atoms with van der Waals surface area (Å²) in [7, 11) is -2.10. The lowest BCUT2D eigenvalue weighted by atomic mass is 9.94. The third-order valence-corrected chi connectivity index (χ3v) is 12.1. The Morgan fingerprint density at radius 2 is 0.953 bits per heavy atom. The van der Waals surface area contributed by atoms with Gasteiger partial charge >= 0.3 is 0 Å². The predicted octanol–water partition coefficient (Wildman–Crippen LogP) is 9.10. The Hall–Kier alpha value is -5.12. The lowest BCUT2D eigenvalue weighted by molar-refractivity contribution is 1.21. The molecule has 3 heteroatoms. The van der Waals surface area contributed by atoms with Gasteiger partial charge in [0.25, 0.3) is 0 Å². The molecule has 0 radical (unpaired) electrons. The SMILES string of the molecule is C[Si]1(C)c2cc3ccccc3cc2-c2c(-c3cccc(-c4cccc(-c5ccccc5)c4)c3)nc(-c3ccccc3)nc21. The van der Waals surface area contributed by atoms with Crippen molar-refractivity contribution in [2.45, 2.75) is 13.1 Å². The molecule has 43 heavy (non-hydrogen) atoms. The van der Waals surface area contributed by atoms with E-state index >= 15 is 0 Å². The van der Waals surface area contributed by atoms with Crippen molar-refractivity contribution in [1.82, 2.24) is 9.97 Å². The minimum atomic E-state index is -2.10. The van der Waals surface area contributed by atoms with Crippen LogP contribution in [-0.2, 0) is 0 Å². The minimum absolute atomic E-state index is 0.795. The molecule has 0 N–H and O–H groups in total. The van der Waals surface area contributed by atoms with Crippen LogP contribution in [0.4, 0.5) is 0 Å². The van der Waals surface area contributed by atoms with Gasteiger partial charge in [-0.2, -0.15) is 0 Å². The monoisotopic (exact) mass is 566 g/mol. The fraction of sp³-hybridized carbons (Fsp3) is 0.0500. The number of fused-ring (bicyclic) bond motifs is 4. The molecule has 2 nitrogen and oxygen atoms in total. The highest BCUT2D eigenvalue weighted by Crippen LogP contribution is 2.39. The molecule has 0 atom stereocenters. The van der Waals surface area contributed by atoms with Crippen LogP contribution in [0.5, 0.6) is 0 Å². The number of rotatable bonds is 4. The molecule has 0 saturated carbocycles. The number of nitrogens with zero attached hydrogens (tertiary/aromatic N) is 2. The van der Waals surface area contributed by atoms with Gasteiger partial charge in [0.1, 0.15) is 8.07 Å². The minimum Gasteiger partial charge on any atom is -0.237 e. The van der Waals surface area contributed by atoms with E-state index in [0.717, 1.165) is 22.6 Å². The molecule has 0 aliphatic carbocycles. The summed E-state index contributed by atoms with van der Waals surface area (Å²) in [5.74, 6) is 0.795. The largest absolute Gasteiger partial charge is 0.237 e. The maximum Gasteiger partial charge on any atom is 0.159 e. The van der Waals surface area contributed by atoms with E-state index in [1.54, 1.807) is 0 Å². The van der Waals surface area contributed by atoms with Gasteiger partial charge in [-0.15, -0.1) is 0 Å². The third-order valence-electron chi connectivity index (χ3n) is 8.80. The number of hydrogen-bond acceptors (Lipinski definition) is 2. The Kier molecular flexibility index (Phi) is 5.95. The van der Waals surface area contributed by atoms with Crippen LogP contribution in [-0.4, -0.2) is 18.0 Å². The van der Waals surface area contributed by atoms with Crippen molar-refractivity contribution in [2.24, 2.45) is 0 Å². The van der Waals surface area contributed by atoms with Crippen LogP contribution in [0.2, 0.25) is 13.1 Å². The smallest absolute Gasteiger partial charge is 0.159 e. The van der Waals surface area contributed by atoms with E-state index in [1.165, 1.54) is 54.7 Å². The van der Waals surface area contributed by atoms with E-state index in [2.05, 4.69) is 153 Å². The second kappa shape index (κ2) is 10.0. The average molecular weight is 567 g/mol. The summed E-state index contributed by atoms with van der Waals surface area (Å²) < 4.78 is 0. The van der Waals surface area contributed by atoms with Gasteiger partial charge in [0.15, 0.2) is 5.82 Å². The topological polar surface area (TPSA) is 25.8 Å². The fourth-order valence-corrected chi connectivity index (χ4v) is 9.45. The Morgan fingerprint density at radius 1 is 0.442 bits per heavy atom. The Morgan fingerprint density at radius 3 is 1.63 bits per heavy atom. The molecule has 0 amide bonds. The van der Waals surface area contributed by atoms with Crippen LogP contribution >= 0.6 is 0 Å². The highest BCUT2D eigenvalue weighted by Gasteiger charge is 2.42. The molecular weight excluding hydrogens is 537 g/mol. The summed E-state index contributed by atoms with van der Waals surface area (Å²) in [5.41, 5.74) is 10.5. The Balaban J connectivity index is 1.35. The van der Waals surface area contributed by atoms with Crippen molar-refractivity contribution in [3.63, 3.8) is 0 Å². The molecule has 6 aromatic carbocycles. The highest BCUT2D eigenvalue weighted by atomic mass is 28.3. The van der Waals surface area contributed by atoms with E-state index in [4.69, 9.17) is 9.97 Å². The molecule has 1 aliphatic heterocycles. The van der Waals surface area contributed by atoms with E-state index < -0.39 is 8.07 Å². The maximum atomic E-state index is 5.34. The van der Waals surface area contributed by atoms with Gasteiger partial charge in [-0.05, 0) is 62.0 Å². The molecule has 204 valence electrons. The molecule has 0 fully saturated rings. The molecule has 8 rings (SSSR count). The molecular formula is C40H30N2Si. The van der Waals surface area contributed by atoms with Crippen molar-refractivity contribution >= 4 is 29.4 Å². The molecule has 0 spiro atoms. The van der Waals surface area contributed by atoms with Gasteiger partial charge in [-0.25, -0.2) is 9.97 Å². The summed E-state index contributed by atoms with van der Waals surface area (Å²) in [6.45, 7) is 4.87. The van der Waals surface area contributed by atoms with Crippen LogP contribution in [0.25, 0.3) is 66.8 Å². The van der Waals surface area contributed by atoms with E-state index in [9.17, 15) is 0 Å². The van der Waals surface area contributed by atoms with Crippen molar-refractivity contribution in [2.75, 3.05) is 0 Å². The van der Waals surface area contributed by atoms with Crippen LogP contribution in [0, 0.1) is 0 Å². The van der Waals surface area contributed by atoms with Gasteiger partial charge in [0, 0.05) is 22.0 Å². The second-order valence-electron chi connectivity index (χ2n) is 11.9. The fourth-order valence-electron chi connectivity index (χ4n) is 6.54. The zero-order valence-electron chi connectivity index (χ0n) is 24.3. The first-order valence-corrected chi connectivity index (χ1v) is 17.8. The Labute approximate surface area is 253 Å². The first kappa shape index (κ1) is 25.6. The van der Waals surface area contributed by atoms with Crippen LogP contribution < -0.4 is 10.5 Å². The molecule has 7 aromatic rings. The van der Waals surface area contributed by atoms with Gasteiger partial charge < -0.3 is 0 Å². The number of hydrogen-bond donors (Lipinski definition) is 0. The average Bonchev–Trinajstić information content (AvgIpc) is 3.29. The molecule has 0 saturated heterocycles. The van der Waals surface area contributed by atoms with Crippen LogP contribution in [0.15, 0.2) is 146 Å². The standard InChI is InChI=1S/C40H30N2Si/c1-43(2)36-26-33-18-10-9-17-32(33)25-35(36)37-38(41-39(42-40(37)43)28-15-7-4-8-16-28)34-22-12-21-31(24-34)30-20-11-19-29(23-30)27-13-5-3-6-14-27/h3-26H,1-2H3.